The highest BCUT2D eigenvalue weighted by atomic mass is 16.5. The van der Waals surface area contributed by atoms with E-state index >= 15 is 0 Å². The van der Waals surface area contributed by atoms with E-state index in [2.05, 4.69) is 5.32 Å². The molecule has 1 N–H and O–H groups in total. The minimum Gasteiger partial charge on any atom is -0.380 e. The van der Waals surface area contributed by atoms with Crippen molar-refractivity contribution in [3.63, 3.8) is 0 Å². The van der Waals surface area contributed by atoms with Crippen LogP contribution in [0.4, 0.5) is 0 Å². The molecule has 3 unspecified atom stereocenters. The van der Waals surface area contributed by atoms with Crippen LogP contribution in [0.2, 0.25) is 0 Å². The van der Waals surface area contributed by atoms with E-state index in [-0.39, 0.29) is 0 Å². The maximum Gasteiger partial charge on any atom is 0.0724 e. The van der Waals surface area contributed by atoms with Crippen LogP contribution in [-0.4, -0.2) is 38.5 Å². The molecule has 0 aromatic carbocycles. The number of hydrogen-bond donors (Lipinski definition) is 1. The Kier molecular flexibility index (Phi) is 5.75. The molecule has 1 heterocycles. The molecule has 3 nitrogen and oxygen atoms in total. The Balaban J connectivity index is 1.62. The standard InChI is InChI=1S/C14H27NO2/c1-16-14-8-3-2-7-13(14)15-10-9-12-6-4-5-11-17-12/h12-15H,2-11H2,1H3. The predicted octanol–water partition coefficient (Wildman–Crippen LogP) is 2.49. The molecule has 1 aliphatic heterocycles. The summed E-state index contributed by atoms with van der Waals surface area (Å²) in [5.41, 5.74) is 0. The monoisotopic (exact) mass is 241 g/mol. The van der Waals surface area contributed by atoms with Gasteiger partial charge in [-0.05, 0) is 45.1 Å². The van der Waals surface area contributed by atoms with Crippen LogP contribution in [0.15, 0.2) is 0 Å². The Bertz CT molecular complexity index is 204. The molecular weight excluding hydrogens is 214 g/mol. The summed E-state index contributed by atoms with van der Waals surface area (Å²) in [6.45, 7) is 2.05. The normalized spacial score (nSPS) is 34.8. The van der Waals surface area contributed by atoms with Gasteiger partial charge in [-0.1, -0.05) is 12.8 Å². The fourth-order valence-corrected chi connectivity index (χ4v) is 3.08. The fourth-order valence-electron chi connectivity index (χ4n) is 3.08. The van der Waals surface area contributed by atoms with Crippen molar-refractivity contribution < 1.29 is 9.47 Å². The highest BCUT2D eigenvalue weighted by Crippen LogP contribution is 2.21. The summed E-state index contributed by atoms with van der Waals surface area (Å²) in [5, 5.41) is 3.66. The van der Waals surface area contributed by atoms with Crippen LogP contribution < -0.4 is 5.32 Å². The van der Waals surface area contributed by atoms with E-state index in [4.69, 9.17) is 9.47 Å². The third-order valence-corrected chi connectivity index (χ3v) is 4.15. The van der Waals surface area contributed by atoms with Crippen LogP contribution in [-0.2, 0) is 9.47 Å². The number of nitrogens with one attached hydrogen (secondary N) is 1. The minimum atomic E-state index is 0.427. The predicted molar refractivity (Wildman–Crippen MR) is 69.3 cm³/mol. The average molecular weight is 241 g/mol. The molecule has 1 aliphatic carbocycles. The summed E-state index contributed by atoms with van der Waals surface area (Å²) >= 11 is 0. The lowest BCUT2D eigenvalue weighted by molar-refractivity contribution is 0.00709. The van der Waals surface area contributed by atoms with E-state index in [1.165, 1.54) is 44.9 Å². The van der Waals surface area contributed by atoms with Gasteiger partial charge in [0, 0.05) is 19.8 Å². The first-order chi connectivity index (χ1) is 8.40. The van der Waals surface area contributed by atoms with E-state index < -0.39 is 0 Å². The second-order valence-electron chi connectivity index (χ2n) is 5.40. The molecule has 3 atom stereocenters. The zero-order valence-corrected chi connectivity index (χ0v) is 11.1. The molecule has 17 heavy (non-hydrogen) atoms. The molecular formula is C14H27NO2. The molecule has 0 aromatic rings. The van der Waals surface area contributed by atoms with E-state index in [0.717, 1.165) is 19.6 Å². The lowest BCUT2D eigenvalue weighted by Gasteiger charge is -2.32. The molecule has 3 heteroatoms. The lowest BCUT2D eigenvalue weighted by atomic mass is 9.92. The summed E-state index contributed by atoms with van der Waals surface area (Å²) in [7, 11) is 1.84. The van der Waals surface area contributed by atoms with Gasteiger partial charge in [0.15, 0.2) is 0 Å². The van der Waals surface area contributed by atoms with E-state index in [9.17, 15) is 0 Å². The second kappa shape index (κ2) is 7.34. The van der Waals surface area contributed by atoms with Crippen LogP contribution in [0.3, 0.4) is 0 Å². The molecule has 100 valence electrons. The molecule has 0 spiro atoms. The number of rotatable bonds is 5. The second-order valence-corrected chi connectivity index (χ2v) is 5.40. The quantitative estimate of drug-likeness (QED) is 0.802. The maximum absolute atomic E-state index is 5.75. The molecule has 2 fully saturated rings. The van der Waals surface area contributed by atoms with Crippen molar-refractivity contribution >= 4 is 0 Å². The number of methoxy groups -OCH3 is 1. The van der Waals surface area contributed by atoms with Crippen molar-refractivity contribution in [1.29, 1.82) is 0 Å². The Morgan fingerprint density at radius 3 is 2.71 bits per heavy atom. The molecule has 0 amide bonds. The van der Waals surface area contributed by atoms with E-state index in [1.807, 2.05) is 7.11 Å². The van der Waals surface area contributed by atoms with Gasteiger partial charge in [0.25, 0.3) is 0 Å². The highest BCUT2D eigenvalue weighted by Gasteiger charge is 2.24. The van der Waals surface area contributed by atoms with Crippen LogP contribution in [0.25, 0.3) is 0 Å². The first kappa shape index (κ1) is 13.3. The van der Waals surface area contributed by atoms with Crippen LogP contribution in [0.5, 0.6) is 0 Å². The van der Waals surface area contributed by atoms with Crippen molar-refractivity contribution in [3.05, 3.63) is 0 Å². The summed E-state index contributed by atoms with van der Waals surface area (Å²) in [4.78, 5) is 0. The van der Waals surface area contributed by atoms with Crippen molar-refractivity contribution in [1.82, 2.24) is 5.32 Å². The van der Waals surface area contributed by atoms with Gasteiger partial charge in [-0.25, -0.2) is 0 Å². The topological polar surface area (TPSA) is 30.5 Å². The highest BCUT2D eigenvalue weighted by molar-refractivity contribution is 4.81. The zero-order chi connectivity index (χ0) is 11.9. The first-order valence-corrected chi connectivity index (χ1v) is 7.28. The molecule has 0 aromatic heterocycles. The van der Waals surface area contributed by atoms with Crippen molar-refractivity contribution in [2.24, 2.45) is 0 Å². The SMILES string of the molecule is COC1CCCCC1NCCC1CCCCO1. The van der Waals surface area contributed by atoms with Gasteiger partial charge in [0.1, 0.15) is 0 Å². The van der Waals surface area contributed by atoms with Crippen molar-refractivity contribution in [2.45, 2.75) is 69.6 Å². The van der Waals surface area contributed by atoms with Crippen LogP contribution in [0, 0.1) is 0 Å². The molecule has 1 saturated heterocycles. The smallest absolute Gasteiger partial charge is 0.0724 e. The molecule has 2 aliphatic rings. The summed E-state index contributed by atoms with van der Waals surface area (Å²) in [5.74, 6) is 0. The maximum atomic E-state index is 5.75. The van der Waals surface area contributed by atoms with Gasteiger partial charge in [0.2, 0.25) is 0 Å². The fraction of sp³-hybridized carbons (Fsp3) is 1.00. The van der Waals surface area contributed by atoms with E-state index in [0.29, 0.717) is 18.2 Å². The molecule has 0 bridgehead atoms. The Morgan fingerprint density at radius 1 is 1.12 bits per heavy atom. The largest absolute Gasteiger partial charge is 0.380 e. The van der Waals surface area contributed by atoms with Gasteiger partial charge in [-0.15, -0.1) is 0 Å². The Hall–Kier alpha value is -0.120. The van der Waals surface area contributed by atoms with Gasteiger partial charge in [-0.3, -0.25) is 0 Å². The minimum absolute atomic E-state index is 0.427. The van der Waals surface area contributed by atoms with Crippen molar-refractivity contribution in [2.75, 3.05) is 20.3 Å². The van der Waals surface area contributed by atoms with Gasteiger partial charge in [0.05, 0.1) is 12.2 Å². The molecule has 2 rings (SSSR count). The molecule has 0 radical (unpaired) electrons. The van der Waals surface area contributed by atoms with Gasteiger partial charge in [-0.2, -0.15) is 0 Å². The van der Waals surface area contributed by atoms with Crippen molar-refractivity contribution in [3.8, 4) is 0 Å². The van der Waals surface area contributed by atoms with Crippen LogP contribution >= 0.6 is 0 Å². The van der Waals surface area contributed by atoms with Gasteiger partial charge < -0.3 is 14.8 Å². The lowest BCUT2D eigenvalue weighted by Crippen LogP contribution is -2.44. The summed E-state index contributed by atoms with van der Waals surface area (Å²) in [6.07, 6.45) is 11.1. The van der Waals surface area contributed by atoms with Crippen LogP contribution in [0.1, 0.15) is 51.4 Å². The number of ether oxygens (including phenoxy) is 2. The average Bonchev–Trinajstić information content (AvgIpc) is 2.40. The first-order valence-electron chi connectivity index (χ1n) is 7.28. The third kappa shape index (κ3) is 4.23. The summed E-state index contributed by atoms with van der Waals surface area (Å²) < 4.78 is 11.3. The third-order valence-electron chi connectivity index (χ3n) is 4.15. The number of hydrogen-bond acceptors (Lipinski definition) is 3. The van der Waals surface area contributed by atoms with Gasteiger partial charge >= 0.3 is 0 Å². The Morgan fingerprint density at radius 2 is 1.94 bits per heavy atom. The molecule has 1 saturated carbocycles. The zero-order valence-electron chi connectivity index (χ0n) is 11.1. The summed E-state index contributed by atoms with van der Waals surface area (Å²) in [6, 6.07) is 0.567. The Labute approximate surface area is 105 Å². The van der Waals surface area contributed by atoms with E-state index in [1.54, 1.807) is 0 Å².